The van der Waals surface area contributed by atoms with E-state index in [2.05, 4.69) is 52.0 Å². The number of rotatable bonds is 33. The molecule has 0 aliphatic carbocycles. The topological polar surface area (TPSA) is 35.5 Å². The van der Waals surface area contributed by atoms with Crippen molar-refractivity contribution in [2.45, 2.75) is 207 Å². The second kappa shape index (κ2) is 28.8. The first-order chi connectivity index (χ1) is 26.6. The van der Waals surface area contributed by atoms with Crippen LogP contribution in [0.2, 0.25) is 0 Å². The molecule has 0 aliphatic heterocycles. The van der Waals surface area contributed by atoms with Crippen LogP contribution in [-0.4, -0.2) is 0 Å². The molecule has 3 aromatic rings. The number of aryl methyl sites for hydroxylation is 2. The van der Waals surface area contributed by atoms with E-state index in [1.807, 2.05) is 42.5 Å². The lowest BCUT2D eigenvalue weighted by Crippen LogP contribution is -2.16. The Kier molecular flexibility index (Phi) is 24.5. The highest BCUT2D eigenvalue weighted by Crippen LogP contribution is 2.50. The van der Waals surface area contributed by atoms with Gasteiger partial charge in [0, 0.05) is 0 Å². The lowest BCUT2D eigenvalue weighted by molar-refractivity contribution is 0.394. The molecule has 4 heteroatoms. The van der Waals surface area contributed by atoms with Crippen LogP contribution in [0, 0.1) is 0 Å². The van der Waals surface area contributed by atoms with E-state index in [1.165, 1.54) is 164 Å². The van der Waals surface area contributed by atoms with Gasteiger partial charge in [0.05, 0.1) is 5.30 Å². The standard InChI is InChI=1S/C50H79O3P/c1-5-9-13-17-21-26-34-44-36-32-42-49(47(44)40-30-23-19-15-11-7-3)52-54(51,46-38-28-25-29-39-46)53-50-43-33-37-45(35-27-22-18-14-10-6-2)48(50)41-31-24-20-16-12-8-4/h25,28-29,32-33,36-39,42-43H,5-24,26-27,30-31,34-35,40-41H2,1-4H3. The summed E-state index contributed by atoms with van der Waals surface area (Å²) in [5.74, 6) is 1.47. The molecule has 0 aliphatic rings. The van der Waals surface area contributed by atoms with E-state index < -0.39 is 7.60 Å². The molecule has 0 amide bonds. The monoisotopic (exact) mass is 759 g/mol. The van der Waals surface area contributed by atoms with Crippen molar-refractivity contribution in [2.24, 2.45) is 0 Å². The number of unbranched alkanes of at least 4 members (excludes halogenated alkanes) is 20. The van der Waals surface area contributed by atoms with Gasteiger partial charge in [0.2, 0.25) is 0 Å². The van der Waals surface area contributed by atoms with E-state index >= 15 is 4.57 Å². The molecule has 0 radical (unpaired) electrons. The van der Waals surface area contributed by atoms with Gasteiger partial charge in [-0.25, -0.2) is 4.57 Å². The molecule has 0 saturated heterocycles. The molecular weight excluding hydrogens is 680 g/mol. The van der Waals surface area contributed by atoms with Crippen LogP contribution in [0.4, 0.5) is 0 Å². The fraction of sp³-hybridized carbons (Fsp3) is 0.640. The Bertz CT molecular complexity index is 1330. The van der Waals surface area contributed by atoms with Gasteiger partial charge in [0.15, 0.2) is 0 Å². The van der Waals surface area contributed by atoms with Gasteiger partial charge >= 0.3 is 7.60 Å². The second-order valence-corrected chi connectivity index (χ2v) is 17.8. The van der Waals surface area contributed by atoms with Crippen LogP contribution < -0.4 is 14.4 Å². The Labute approximate surface area is 333 Å². The summed E-state index contributed by atoms with van der Waals surface area (Å²) in [4.78, 5) is 0. The van der Waals surface area contributed by atoms with Gasteiger partial charge in [-0.2, -0.15) is 0 Å². The van der Waals surface area contributed by atoms with Crippen LogP contribution in [0.3, 0.4) is 0 Å². The zero-order valence-corrected chi connectivity index (χ0v) is 36.2. The van der Waals surface area contributed by atoms with Crippen LogP contribution in [0.1, 0.15) is 204 Å². The third-order valence-electron chi connectivity index (χ3n) is 11.1. The largest absolute Gasteiger partial charge is 0.462 e. The summed E-state index contributed by atoms with van der Waals surface area (Å²) in [6, 6.07) is 22.6. The first kappa shape index (κ1) is 45.9. The third kappa shape index (κ3) is 17.5. The molecule has 0 bridgehead atoms. The first-order valence-corrected chi connectivity index (χ1v) is 24.4. The highest BCUT2D eigenvalue weighted by atomic mass is 31.2. The van der Waals surface area contributed by atoms with Gasteiger partial charge < -0.3 is 9.05 Å². The van der Waals surface area contributed by atoms with Crippen LogP contribution in [0.25, 0.3) is 0 Å². The number of hydrogen-bond acceptors (Lipinski definition) is 3. The summed E-state index contributed by atoms with van der Waals surface area (Å²) in [6.07, 6.45) is 34.2. The molecule has 0 heterocycles. The molecule has 54 heavy (non-hydrogen) atoms. The molecule has 3 aromatic carbocycles. The SMILES string of the molecule is CCCCCCCCc1cccc(OP(=O)(Oc2cccc(CCCCCCCC)c2CCCCCCCC)c2ccccc2)c1CCCCCCCC. The van der Waals surface area contributed by atoms with Crippen molar-refractivity contribution in [1.82, 2.24) is 0 Å². The molecule has 0 atom stereocenters. The number of hydrogen-bond donors (Lipinski definition) is 0. The molecule has 302 valence electrons. The summed E-state index contributed by atoms with van der Waals surface area (Å²) in [7, 11) is -3.81. The Balaban J connectivity index is 1.94. The fourth-order valence-electron chi connectivity index (χ4n) is 7.78. The van der Waals surface area contributed by atoms with E-state index in [-0.39, 0.29) is 0 Å². The van der Waals surface area contributed by atoms with Crippen LogP contribution >= 0.6 is 7.60 Å². The zero-order chi connectivity index (χ0) is 38.5. The molecule has 0 unspecified atom stereocenters. The Morgan fingerprint density at radius 3 is 1.07 bits per heavy atom. The van der Waals surface area contributed by atoms with Gasteiger partial charge in [-0.15, -0.1) is 0 Å². The van der Waals surface area contributed by atoms with Crippen LogP contribution in [0.15, 0.2) is 66.7 Å². The van der Waals surface area contributed by atoms with E-state index in [0.29, 0.717) is 5.30 Å². The lowest BCUT2D eigenvalue weighted by Gasteiger charge is -2.25. The number of benzene rings is 3. The van der Waals surface area contributed by atoms with E-state index in [9.17, 15) is 0 Å². The summed E-state index contributed by atoms with van der Waals surface area (Å²) in [5.41, 5.74) is 5.15. The van der Waals surface area contributed by atoms with Gasteiger partial charge in [0.25, 0.3) is 0 Å². The van der Waals surface area contributed by atoms with E-state index in [1.54, 1.807) is 0 Å². The highest BCUT2D eigenvalue weighted by Gasteiger charge is 2.33. The van der Waals surface area contributed by atoms with Gasteiger partial charge in [0.1, 0.15) is 11.5 Å². The lowest BCUT2D eigenvalue weighted by atomic mass is 9.95. The molecule has 0 saturated carbocycles. The maximum atomic E-state index is 15.5. The van der Waals surface area contributed by atoms with Crippen LogP contribution in [0.5, 0.6) is 11.5 Å². The molecule has 3 rings (SSSR count). The average molecular weight is 759 g/mol. The maximum Gasteiger partial charge on any atom is 0.462 e. The summed E-state index contributed by atoms with van der Waals surface area (Å²) in [6.45, 7) is 9.11. The Morgan fingerprint density at radius 1 is 0.370 bits per heavy atom. The average Bonchev–Trinajstić information content (AvgIpc) is 3.19. The van der Waals surface area contributed by atoms with Crippen molar-refractivity contribution in [3.63, 3.8) is 0 Å². The van der Waals surface area contributed by atoms with Crippen LogP contribution in [-0.2, 0) is 30.2 Å². The Morgan fingerprint density at radius 2 is 0.704 bits per heavy atom. The normalized spacial score (nSPS) is 11.6. The fourth-order valence-corrected chi connectivity index (χ4v) is 9.42. The van der Waals surface area contributed by atoms with Gasteiger partial charge in [-0.1, -0.05) is 199 Å². The minimum Gasteiger partial charge on any atom is -0.413 e. The molecule has 0 N–H and O–H groups in total. The molecule has 0 spiro atoms. The highest BCUT2D eigenvalue weighted by molar-refractivity contribution is 7.63. The van der Waals surface area contributed by atoms with Crippen molar-refractivity contribution < 1.29 is 13.6 Å². The van der Waals surface area contributed by atoms with Crippen molar-refractivity contribution in [3.8, 4) is 11.5 Å². The van der Waals surface area contributed by atoms with Crippen molar-refractivity contribution in [1.29, 1.82) is 0 Å². The molecular formula is C50H79O3P. The first-order valence-electron chi connectivity index (χ1n) is 22.8. The van der Waals surface area contributed by atoms with Gasteiger partial charge in [-0.05, 0) is 97.9 Å². The molecule has 3 nitrogen and oxygen atoms in total. The summed E-state index contributed by atoms with van der Waals surface area (Å²) in [5, 5.41) is 0.615. The quantitative estimate of drug-likeness (QED) is 0.0458. The van der Waals surface area contributed by atoms with Crippen molar-refractivity contribution in [2.75, 3.05) is 0 Å². The predicted molar refractivity (Wildman–Crippen MR) is 236 cm³/mol. The van der Waals surface area contributed by atoms with Crippen molar-refractivity contribution >= 4 is 12.9 Å². The zero-order valence-electron chi connectivity index (χ0n) is 35.3. The molecule has 0 aromatic heterocycles. The maximum absolute atomic E-state index is 15.5. The third-order valence-corrected chi connectivity index (χ3v) is 12.9. The minimum atomic E-state index is -3.81. The Hall–Kier alpha value is -2.51. The predicted octanol–water partition coefficient (Wildman–Crippen LogP) is 16.3. The summed E-state index contributed by atoms with van der Waals surface area (Å²) >= 11 is 0. The van der Waals surface area contributed by atoms with E-state index in [4.69, 9.17) is 9.05 Å². The van der Waals surface area contributed by atoms with E-state index in [0.717, 1.165) is 50.0 Å². The van der Waals surface area contributed by atoms with Crippen molar-refractivity contribution in [3.05, 3.63) is 89.0 Å². The smallest absolute Gasteiger partial charge is 0.413 e. The molecule has 0 fully saturated rings. The second-order valence-electron chi connectivity index (χ2n) is 15.9. The van der Waals surface area contributed by atoms with Gasteiger partial charge in [-0.3, -0.25) is 0 Å². The minimum absolute atomic E-state index is 0.615. The summed E-state index contributed by atoms with van der Waals surface area (Å²) < 4.78 is 29.2.